The zero-order valence-electron chi connectivity index (χ0n) is 14.6. The lowest BCUT2D eigenvalue weighted by Gasteiger charge is -2.30. The minimum absolute atomic E-state index is 0.0194. The molecule has 1 aliphatic heterocycles. The predicted octanol–water partition coefficient (Wildman–Crippen LogP) is 1.84. The highest BCUT2D eigenvalue weighted by Crippen LogP contribution is 2.20. The van der Waals surface area contributed by atoms with Gasteiger partial charge in [0.1, 0.15) is 5.82 Å². The van der Waals surface area contributed by atoms with Crippen LogP contribution >= 0.6 is 0 Å². The average molecular weight is 360 g/mol. The lowest BCUT2D eigenvalue weighted by molar-refractivity contribution is -0.134. The third-order valence-electron chi connectivity index (χ3n) is 4.70. The Labute approximate surface area is 150 Å². The van der Waals surface area contributed by atoms with Crippen LogP contribution in [0.3, 0.4) is 0 Å². The van der Waals surface area contributed by atoms with Crippen molar-refractivity contribution in [3.63, 3.8) is 0 Å². The van der Waals surface area contributed by atoms with E-state index in [1.807, 2.05) is 0 Å². The molecule has 0 aliphatic carbocycles. The van der Waals surface area contributed by atoms with Gasteiger partial charge in [0.2, 0.25) is 23.5 Å². The number of carbonyl (C=O) groups excluding carboxylic acids is 2. The Morgan fingerprint density at radius 2 is 2.08 bits per heavy atom. The second-order valence-corrected chi connectivity index (χ2v) is 6.53. The third-order valence-corrected chi connectivity index (χ3v) is 4.70. The zero-order chi connectivity index (χ0) is 18.7. The number of nitrogens with zero attached hydrogens (tertiary/aromatic N) is 3. The van der Waals surface area contributed by atoms with Gasteiger partial charge in [-0.3, -0.25) is 9.59 Å². The largest absolute Gasteiger partial charge is 0.369 e. The van der Waals surface area contributed by atoms with Crippen LogP contribution in [-0.2, 0) is 16.0 Å². The van der Waals surface area contributed by atoms with Crippen LogP contribution in [0.5, 0.6) is 0 Å². The van der Waals surface area contributed by atoms with Crippen LogP contribution in [-0.4, -0.2) is 39.9 Å². The van der Waals surface area contributed by atoms with Gasteiger partial charge in [-0.1, -0.05) is 17.3 Å². The highest BCUT2D eigenvalue weighted by molar-refractivity contribution is 5.79. The standard InChI is InChI=1S/C18H21FN4O3/c1-11-2-3-13(10-14(11)19)18-21-15(26-22-18)4-5-16(24)23-8-6-12(7-9-23)17(20)25/h2-3,10,12H,4-9H2,1H3,(H2,20,25). The number of nitrogens with two attached hydrogens (primary N) is 1. The van der Waals surface area contributed by atoms with Crippen LogP contribution < -0.4 is 5.73 Å². The number of hydrogen-bond acceptors (Lipinski definition) is 5. The fourth-order valence-electron chi connectivity index (χ4n) is 2.99. The SMILES string of the molecule is Cc1ccc(-c2noc(CCC(=O)N3CCC(C(N)=O)CC3)n2)cc1F. The third kappa shape index (κ3) is 4.07. The Balaban J connectivity index is 1.54. The summed E-state index contributed by atoms with van der Waals surface area (Å²) in [7, 11) is 0. The molecule has 2 amide bonds. The van der Waals surface area contributed by atoms with Crippen molar-refractivity contribution in [1.82, 2.24) is 15.0 Å². The summed E-state index contributed by atoms with van der Waals surface area (Å²) >= 11 is 0. The molecule has 2 N–H and O–H groups in total. The molecule has 0 atom stereocenters. The molecule has 138 valence electrons. The van der Waals surface area contributed by atoms with Crippen molar-refractivity contribution in [3.05, 3.63) is 35.5 Å². The molecular weight excluding hydrogens is 339 g/mol. The van der Waals surface area contributed by atoms with Crippen LogP contribution in [0.1, 0.15) is 30.7 Å². The number of aryl methyl sites for hydroxylation is 2. The second kappa shape index (κ2) is 7.63. The summed E-state index contributed by atoms with van der Waals surface area (Å²) in [6.45, 7) is 2.74. The van der Waals surface area contributed by atoms with Crippen molar-refractivity contribution in [1.29, 1.82) is 0 Å². The predicted molar refractivity (Wildman–Crippen MR) is 91.2 cm³/mol. The van der Waals surface area contributed by atoms with Crippen molar-refractivity contribution in [2.24, 2.45) is 11.7 Å². The van der Waals surface area contributed by atoms with Crippen LogP contribution in [0.4, 0.5) is 4.39 Å². The van der Waals surface area contributed by atoms with E-state index in [2.05, 4.69) is 10.1 Å². The maximum Gasteiger partial charge on any atom is 0.227 e. The van der Waals surface area contributed by atoms with Crippen molar-refractivity contribution in [2.45, 2.75) is 32.6 Å². The quantitative estimate of drug-likeness (QED) is 0.876. The van der Waals surface area contributed by atoms with Gasteiger partial charge in [-0.15, -0.1) is 0 Å². The van der Waals surface area contributed by atoms with Gasteiger partial charge in [-0.2, -0.15) is 4.98 Å². The first-order valence-electron chi connectivity index (χ1n) is 8.60. The van der Waals surface area contributed by atoms with Gasteiger partial charge in [0.15, 0.2) is 0 Å². The Morgan fingerprint density at radius 1 is 1.35 bits per heavy atom. The number of hydrogen-bond donors (Lipinski definition) is 1. The van der Waals surface area contributed by atoms with Gasteiger partial charge in [-0.05, 0) is 31.4 Å². The Morgan fingerprint density at radius 3 is 2.73 bits per heavy atom. The van der Waals surface area contributed by atoms with Gasteiger partial charge in [-0.25, -0.2) is 4.39 Å². The number of rotatable bonds is 5. The molecule has 1 aromatic heterocycles. The molecule has 0 unspecified atom stereocenters. The molecule has 3 rings (SSSR count). The van der Waals surface area contributed by atoms with Crippen LogP contribution in [0.25, 0.3) is 11.4 Å². The van der Waals surface area contributed by atoms with Gasteiger partial charge < -0.3 is 15.2 Å². The molecule has 2 heterocycles. The van der Waals surface area contributed by atoms with Gasteiger partial charge in [0, 0.05) is 37.4 Å². The Hall–Kier alpha value is -2.77. The summed E-state index contributed by atoms with van der Waals surface area (Å²) in [4.78, 5) is 29.4. The molecule has 1 fully saturated rings. The van der Waals surface area contributed by atoms with E-state index in [1.165, 1.54) is 6.07 Å². The molecule has 1 aromatic carbocycles. The molecule has 0 spiro atoms. The molecule has 1 saturated heterocycles. The lowest BCUT2D eigenvalue weighted by Crippen LogP contribution is -2.41. The van der Waals surface area contributed by atoms with Crippen molar-refractivity contribution < 1.29 is 18.5 Å². The fraction of sp³-hybridized carbons (Fsp3) is 0.444. The molecule has 1 aliphatic rings. The monoisotopic (exact) mass is 360 g/mol. The molecular formula is C18H21FN4O3. The first-order chi connectivity index (χ1) is 12.4. The number of piperidine rings is 1. The molecule has 0 radical (unpaired) electrons. The number of benzene rings is 1. The molecule has 0 saturated carbocycles. The summed E-state index contributed by atoms with van der Waals surface area (Å²) in [6.07, 6.45) is 1.76. The van der Waals surface area contributed by atoms with E-state index < -0.39 is 0 Å². The van der Waals surface area contributed by atoms with E-state index in [0.29, 0.717) is 55.2 Å². The lowest BCUT2D eigenvalue weighted by atomic mass is 9.96. The second-order valence-electron chi connectivity index (χ2n) is 6.53. The van der Waals surface area contributed by atoms with E-state index in [1.54, 1.807) is 24.0 Å². The minimum atomic E-state index is -0.330. The smallest absolute Gasteiger partial charge is 0.227 e. The maximum atomic E-state index is 13.6. The molecule has 2 aromatic rings. The number of aromatic nitrogens is 2. The number of primary amides is 1. The normalized spacial score (nSPS) is 15.2. The summed E-state index contributed by atoms with van der Waals surface area (Å²) in [5, 5.41) is 3.85. The number of likely N-dealkylation sites (tertiary alicyclic amines) is 1. The van der Waals surface area contributed by atoms with Gasteiger partial charge in [0.05, 0.1) is 0 Å². The first kappa shape index (κ1) is 18.0. The van der Waals surface area contributed by atoms with Crippen molar-refractivity contribution in [3.8, 4) is 11.4 Å². The van der Waals surface area contributed by atoms with Gasteiger partial charge in [0.25, 0.3) is 0 Å². The molecule has 7 nitrogen and oxygen atoms in total. The fourth-order valence-corrected chi connectivity index (χ4v) is 2.99. The number of carbonyl (C=O) groups is 2. The number of halogens is 1. The van der Waals surface area contributed by atoms with E-state index in [-0.39, 0.29) is 30.0 Å². The maximum absolute atomic E-state index is 13.6. The summed E-state index contributed by atoms with van der Waals surface area (Å²) in [5.74, 6) is -0.164. The Bertz CT molecular complexity index is 813. The summed E-state index contributed by atoms with van der Waals surface area (Å²) < 4.78 is 18.8. The van der Waals surface area contributed by atoms with Crippen LogP contribution in [0, 0.1) is 18.7 Å². The molecule has 8 heteroatoms. The summed E-state index contributed by atoms with van der Waals surface area (Å²) in [6, 6.07) is 4.74. The van der Waals surface area contributed by atoms with E-state index in [4.69, 9.17) is 10.3 Å². The van der Waals surface area contributed by atoms with Gasteiger partial charge >= 0.3 is 0 Å². The topological polar surface area (TPSA) is 102 Å². The van der Waals surface area contributed by atoms with E-state index in [9.17, 15) is 14.0 Å². The minimum Gasteiger partial charge on any atom is -0.369 e. The highest BCUT2D eigenvalue weighted by atomic mass is 19.1. The van der Waals surface area contributed by atoms with Crippen molar-refractivity contribution >= 4 is 11.8 Å². The average Bonchev–Trinajstić information content (AvgIpc) is 3.11. The molecule has 0 bridgehead atoms. The number of amides is 2. The first-order valence-corrected chi connectivity index (χ1v) is 8.60. The Kier molecular flexibility index (Phi) is 5.29. The van der Waals surface area contributed by atoms with Crippen LogP contribution in [0.2, 0.25) is 0 Å². The van der Waals surface area contributed by atoms with Crippen LogP contribution in [0.15, 0.2) is 22.7 Å². The highest BCUT2D eigenvalue weighted by Gasteiger charge is 2.25. The van der Waals surface area contributed by atoms with E-state index in [0.717, 1.165) is 0 Å². The zero-order valence-corrected chi connectivity index (χ0v) is 14.6. The molecule has 26 heavy (non-hydrogen) atoms. The van der Waals surface area contributed by atoms with E-state index >= 15 is 0 Å². The van der Waals surface area contributed by atoms with Crippen molar-refractivity contribution in [2.75, 3.05) is 13.1 Å². The summed E-state index contributed by atoms with van der Waals surface area (Å²) in [5.41, 5.74) is 6.37.